The van der Waals surface area contributed by atoms with Crippen LogP contribution < -0.4 is 18.9 Å². The van der Waals surface area contributed by atoms with Crippen LogP contribution in [0.3, 0.4) is 0 Å². The molecule has 0 radical (unpaired) electrons. The second-order valence-corrected chi connectivity index (χ2v) is 7.59. The number of carbonyl (C=O) groups excluding carboxylic acids is 1. The monoisotopic (exact) mass is 409 g/mol. The molecule has 9 heteroatoms. The topological polar surface area (TPSA) is 100 Å². The molecular weight excluding hydrogens is 386 g/mol. The molecule has 2 aromatic rings. The van der Waals surface area contributed by atoms with Crippen LogP contribution in [0.5, 0.6) is 17.2 Å². The van der Waals surface area contributed by atoms with Gasteiger partial charge in [0.15, 0.2) is 11.5 Å². The summed E-state index contributed by atoms with van der Waals surface area (Å²) in [6.45, 7) is 3.69. The van der Waals surface area contributed by atoms with Crippen molar-refractivity contribution in [3.63, 3.8) is 0 Å². The Morgan fingerprint density at radius 1 is 0.893 bits per heavy atom. The number of sulfonamides is 1. The van der Waals surface area contributed by atoms with Crippen molar-refractivity contribution in [3.05, 3.63) is 41.0 Å². The fourth-order valence-corrected chi connectivity index (χ4v) is 3.77. The van der Waals surface area contributed by atoms with Gasteiger partial charge in [-0.25, -0.2) is 13.2 Å². The SMILES string of the molecule is COC(=O)c1cc(OC)c(OC)c(OC)c1NS(=O)(=O)c1ccc(C)c(C)c1. The number of methoxy groups -OCH3 is 4. The zero-order valence-corrected chi connectivity index (χ0v) is 17.4. The molecule has 152 valence electrons. The summed E-state index contributed by atoms with van der Waals surface area (Å²) in [5, 5.41) is 0. The summed E-state index contributed by atoms with van der Waals surface area (Å²) in [5.41, 5.74) is 1.59. The van der Waals surface area contributed by atoms with Gasteiger partial charge in [0, 0.05) is 6.07 Å². The number of benzene rings is 2. The molecule has 0 saturated heterocycles. The Morgan fingerprint density at radius 3 is 2.04 bits per heavy atom. The van der Waals surface area contributed by atoms with Gasteiger partial charge in [0.1, 0.15) is 5.69 Å². The predicted molar refractivity (Wildman–Crippen MR) is 104 cm³/mol. The van der Waals surface area contributed by atoms with E-state index in [2.05, 4.69) is 4.72 Å². The fourth-order valence-electron chi connectivity index (χ4n) is 2.60. The van der Waals surface area contributed by atoms with Crippen LogP contribution in [0.25, 0.3) is 0 Å². The van der Waals surface area contributed by atoms with Crippen molar-refractivity contribution in [2.24, 2.45) is 0 Å². The Hall–Kier alpha value is -2.94. The third-order valence-corrected chi connectivity index (χ3v) is 5.61. The van der Waals surface area contributed by atoms with Gasteiger partial charge in [-0.15, -0.1) is 0 Å². The highest BCUT2D eigenvalue weighted by Gasteiger charge is 2.28. The Morgan fingerprint density at radius 2 is 1.54 bits per heavy atom. The van der Waals surface area contributed by atoms with Crippen LogP contribution in [0.1, 0.15) is 21.5 Å². The van der Waals surface area contributed by atoms with E-state index in [9.17, 15) is 13.2 Å². The predicted octanol–water partition coefficient (Wildman–Crippen LogP) is 2.92. The summed E-state index contributed by atoms with van der Waals surface area (Å²) in [6.07, 6.45) is 0. The average molecular weight is 409 g/mol. The van der Waals surface area contributed by atoms with Gasteiger partial charge in [-0.05, 0) is 37.1 Å². The van der Waals surface area contributed by atoms with Gasteiger partial charge in [-0.3, -0.25) is 4.72 Å². The fraction of sp³-hybridized carbons (Fsp3) is 0.316. The first-order valence-corrected chi connectivity index (χ1v) is 9.69. The van der Waals surface area contributed by atoms with Crippen molar-refractivity contribution >= 4 is 21.7 Å². The minimum Gasteiger partial charge on any atom is -0.493 e. The van der Waals surface area contributed by atoms with Crippen LogP contribution >= 0.6 is 0 Å². The van der Waals surface area contributed by atoms with Crippen molar-refractivity contribution in [1.82, 2.24) is 0 Å². The molecule has 0 aliphatic carbocycles. The summed E-state index contributed by atoms with van der Waals surface area (Å²) in [6, 6.07) is 6.06. The molecular formula is C19H23NO7S. The van der Waals surface area contributed by atoms with Crippen LogP contribution in [0.15, 0.2) is 29.2 Å². The van der Waals surface area contributed by atoms with E-state index in [0.29, 0.717) is 0 Å². The number of hydrogen-bond acceptors (Lipinski definition) is 7. The maximum absolute atomic E-state index is 13.0. The lowest BCUT2D eigenvalue weighted by atomic mass is 10.1. The third-order valence-electron chi connectivity index (χ3n) is 4.26. The number of anilines is 1. The standard InChI is InChI=1S/C19H23NO7S/c1-11-7-8-13(9-12(11)2)28(22,23)20-16-14(19(21)27-6)10-15(24-3)17(25-4)18(16)26-5/h7-10,20H,1-6H3. The maximum atomic E-state index is 13.0. The Kier molecular flexibility index (Phi) is 6.40. The van der Waals surface area contributed by atoms with Crippen LogP contribution in [-0.2, 0) is 14.8 Å². The summed E-state index contributed by atoms with van der Waals surface area (Å²) in [5.74, 6) is -0.448. The van der Waals surface area contributed by atoms with Gasteiger partial charge in [-0.1, -0.05) is 6.07 Å². The zero-order valence-electron chi connectivity index (χ0n) is 16.6. The number of nitrogens with one attached hydrogen (secondary N) is 1. The molecule has 0 atom stereocenters. The zero-order chi connectivity index (χ0) is 21.1. The van der Waals surface area contributed by atoms with Crippen molar-refractivity contribution in [2.45, 2.75) is 18.7 Å². The molecule has 0 heterocycles. The molecule has 0 amide bonds. The highest BCUT2D eigenvalue weighted by Crippen LogP contribution is 2.46. The number of aryl methyl sites for hydroxylation is 2. The Labute approximate surface area is 164 Å². The van der Waals surface area contributed by atoms with Crippen LogP contribution in [0.4, 0.5) is 5.69 Å². The molecule has 0 bridgehead atoms. The lowest BCUT2D eigenvalue weighted by Crippen LogP contribution is -2.18. The van der Waals surface area contributed by atoms with Crippen LogP contribution in [0.2, 0.25) is 0 Å². The lowest BCUT2D eigenvalue weighted by Gasteiger charge is -2.20. The normalized spacial score (nSPS) is 10.9. The second kappa shape index (κ2) is 8.39. The van der Waals surface area contributed by atoms with E-state index in [1.807, 2.05) is 13.8 Å². The van der Waals surface area contributed by atoms with Gasteiger partial charge < -0.3 is 18.9 Å². The largest absolute Gasteiger partial charge is 0.493 e. The molecule has 0 spiro atoms. The van der Waals surface area contributed by atoms with E-state index in [4.69, 9.17) is 18.9 Å². The number of esters is 1. The molecule has 2 rings (SSSR count). The number of rotatable bonds is 7. The molecule has 0 aromatic heterocycles. The Balaban J connectivity index is 2.71. The molecule has 0 aliphatic heterocycles. The lowest BCUT2D eigenvalue weighted by molar-refractivity contribution is 0.0601. The van der Waals surface area contributed by atoms with E-state index < -0.39 is 16.0 Å². The Bertz CT molecular complexity index is 1000. The van der Waals surface area contributed by atoms with Crippen molar-refractivity contribution in [2.75, 3.05) is 33.2 Å². The van der Waals surface area contributed by atoms with Crippen molar-refractivity contribution < 1.29 is 32.2 Å². The first-order valence-electron chi connectivity index (χ1n) is 8.21. The van der Waals surface area contributed by atoms with Gasteiger partial charge in [0.25, 0.3) is 10.0 Å². The second-order valence-electron chi connectivity index (χ2n) is 5.91. The molecule has 8 nitrogen and oxygen atoms in total. The van der Waals surface area contributed by atoms with Gasteiger partial charge >= 0.3 is 5.97 Å². The van der Waals surface area contributed by atoms with E-state index in [1.54, 1.807) is 12.1 Å². The van der Waals surface area contributed by atoms with Gasteiger partial charge in [0.05, 0.1) is 38.9 Å². The van der Waals surface area contributed by atoms with Crippen LogP contribution in [0, 0.1) is 13.8 Å². The maximum Gasteiger partial charge on any atom is 0.340 e. The molecule has 0 fully saturated rings. The first kappa shape index (κ1) is 21.4. The molecule has 0 aliphatic rings. The average Bonchev–Trinajstić information content (AvgIpc) is 2.68. The molecule has 0 saturated carbocycles. The molecule has 2 aromatic carbocycles. The smallest absolute Gasteiger partial charge is 0.340 e. The highest BCUT2D eigenvalue weighted by molar-refractivity contribution is 7.92. The van der Waals surface area contributed by atoms with Crippen molar-refractivity contribution in [1.29, 1.82) is 0 Å². The minimum atomic E-state index is -4.03. The van der Waals surface area contributed by atoms with Gasteiger partial charge in [-0.2, -0.15) is 0 Å². The van der Waals surface area contributed by atoms with E-state index >= 15 is 0 Å². The van der Waals surface area contributed by atoms with Gasteiger partial charge in [0.2, 0.25) is 5.75 Å². The molecule has 1 N–H and O–H groups in total. The number of hydrogen-bond donors (Lipinski definition) is 1. The summed E-state index contributed by atoms with van der Waals surface area (Å²) < 4.78 is 49.0. The van der Waals surface area contributed by atoms with E-state index in [-0.39, 0.29) is 33.4 Å². The summed E-state index contributed by atoms with van der Waals surface area (Å²) >= 11 is 0. The van der Waals surface area contributed by atoms with E-state index in [1.165, 1.54) is 40.6 Å². The molecule has 28 heavy (non-hydrogen) atoms. The number of ether oxygens (including phenoxy) is 4. The third kappa shape index (κ3) is 3.99. The van der Waals surface area contributed by atoms with Crippen LogP contribution in [-0.4, -0.2) is 42.8 Å². The quantitative estimate of drug-likeness (QED) is 0.702. The van der Waals surface area contributed by atoms with E-state index in [0.717, 1.165) is 11.1 Å². The minimum absolute atomic E-state index is 0.00495. The number of carbonyl (C=O) groups is 1. The summed E-state index contributed by atoms with van der Waals surface area (Å²) in [4.78, 5) is 12.3. The highest BCUT2D eigenvalue weighted by atomic mass is 32.2. The first-order chi connectivity index (χ1) is 13.2. The summed E-state index contributed by atoms with van der Waals surface area (Å²) in [7, 11) is 1.25. The molecule has 0 unspecified atom stereocenters. The van der Waals surface area contributed by atoms with Crippen molar-refractivity contribution in [3.8, 4) is 17.2 Å².